The Labute approximate surface area is 162 Å². The van der Waals surface area contributed by atoms with E-state index in [9.17, 15) is 4.79 Å². The number of aromatic nitrogens is 1. The van der Waals surface area contributed by atoms with Crippen molar-refractivity contribution in [2.45, 2.75) is 18.8 Å². The molecule has 132 valence electrons. The molecule has 1 aromatic carbocycles. The molecule has 1 fully saturated rings. The van der Waals surface area contributed by atoms with Crippen molar-refractivity contribution >= 4 is 46.4 Å². The van der Waals surface area contributed by atoms with Gasteiger partial charge in [0.1, 0.15) is 0 Å². The van der Waals surface area contributed by atoms with Gasteiger partial charge in [0.25, 0.3) is 0 Å². The van der Waals surface area contributed by atoms with Gasteiger partial charge >= 0.3 is 0 Å². The molecule has 1 aromatic heterocycles. The van der Waals surface area contributed by atoms with Crippen molar-refractivity contribution in [3.05, 3.63) is 57.3 Å². The van der Waals surface area contributed by atoms with E-state index in [4.69, 9.17) is 34.8 Å². The fraction of sp³-hybridized carbons (Fsp3) is 0.333. The number of nitrogens with one attached hydrogen (secondary N) is 1. The van der Waals surface area contributed by atoms with Gasteiger partial charge in [-0.3, -0.25) is 14.7 Å². The summed E-state index contributed by atoms with van der Waals surface area (Å²) >= 11 is 18.0. The number of rotatable bonds is 4. The van der Waals surface area contributed by atoms with E-state index < -0.39 is 0 Å². The van der Waals surface area contributed by atoms with Crippen LogP contribution in [-0.4, -0.2) is 35.4 Å². The third-order valence-electron chi connectivity index (χ3n) is 4.37. The lowest BCUT2D eigenvalue weighted by molar-refractivity contribution is -0.117. The van der Waals surface area contributed by atoms with Crippen LogP contribution < -0.4 is 5.32 Å². The zero-order valence-electron chi connectivity index (χ0n) is 13.5. The highest BCUT2D eigenvalue weighted by atomic mass is 35.5. The Morgan fingerprint density at radius 1 is 1.12 bits per heavy atom. The van der Waals surface area contributed by atoms with Gasteiger partial charge in [0.2, 0.25) is 5.91 Å². The maximum Gasteiger partial charge on any atom is 0.238 e. The molecule has 3 rings (SSSR count). The number of carbonyl (C=O) groups is 1. The fourth-order valence-corrected chi connectivity index (χ4v) is 3.60. The molecule has 1 N–H and O–H groups in total. The molecular weight excluding hydrogens is 381 g/mol. The molecule has 25 heavy (non-hydrogen) atoms. The Morgan fingerprint density at radius 2 is 1.88 bits per heavy atom. The number of likely N-dealkylation sites (tertiary alicyclic amines) is 1. The van der Waals surface area contributed by atoms with Gasteiger partial charge in [0.15, 0.2) is 0 Å². The standard InChI is InChI=1S/C18H18Cl3N3O/c19-13-4-5-15(18(21)17(13)20)23-16(25)11-24-9-6-12(7-10-24)14-3-1-2-8-22-14/h1-5,8,12H,6-7,9-11H2,(H,23,25). The van der Waals surface area contributed by atoms with Gasteiger partial charge in [-0.05, 0) is 50.2 Å². The fourth-order valence-electron chi connectivity index (χ4n) is 3.02. The number of carbonyl (C=O) groups excluding carboxylic acids is 1. The van der Waals surface area contributed by atoms with Crippen LogP contribution in [0.1, 0.15) is 24.5 Å². The van der Waals surface area contributed by atoms with E-state index in [1.807, 2.05) is 18.3 Å². The molecule has 0 saturated carbocycles. The number of amides is 1. The van der Waals surface area contributed by atoms with E-state index in [1.165, 1.54) is 0 Å². The average molecular weight is 399 g/mol. The first-order chi connectivity index (χ1) is 12.0. The molecule has 1 amide bonds. The van der Waals surface area contributed by atoms with E-state index >= 15 is 0 Å². The Balaban J connectivity index is 1.52. The summed E-state index contributed by atoms with van der Waals surface area (Å²) in [7, 11) is 0. The van der Waals surface area contributed by atoms with Crippen molar-refractivity contribution in [3.63, 3.8) is 0 Å². The van der Waals surface area contributed by atoms with E-state index in [0.717, 1.165) is 31.6 Å². The smallest absolute Gasteiger partial charge is 0.238 e. The Bertz CT molecular complexity index is 747. The molecule has 0 spiro atoms. The van der Waals surface area contributed by atoms with Gasteiger partial charge in [-0.2, -0.15) is 0 Å². The molecule has 2 heterocycles. The third kappa shape index (κ3) is 4.64. The van der Waals surface area contributed by atoms with Crippen LogP contribution in [0.4, 0.5) is 5.69 Å². The van der Waals surface area contributed by atoms with Crippen LogP contribution in [0.2, 0.25) is 15.1 Å². The van der Waals surface area contributed by atoms with Crippen LogP contribution in [0, 0.1) is 0 Å². The number of hydrogen-bond acceptors (Lipinski definition) is 3. The molecular formula is C18H18Cl3N3O. The number of pyridine rings is 1. The van der Waals surface area contributed by atoms with E-state index in [0.29, 0.717) is 23.2 Å². The average Bonchev–Trinajstić information content (AvgIpc) is 2.63. The SMILES string of the molecule is O=C(CN1CCC(c2ccccn2)CC1)Nc1ccc(Cl)c(Cl)c1Cl. The van der Waals surface area contributed by atoms with Crippen molar-refractivity contribution in [2.75, 3.05) is 25.0 Å². The number of halogens is 3. The van der Waals surface area contributed by atoms with Crippen LogP contribution in [0.5, 0.6) is 0 Å². The minimum absolute atomic E-state index is 0.114. The van der Waals surface area contributed by atoms with Crippen molar-refractivity contribution < 1.29 is 4.79 Å². The van der Waals surface area contributed by atoms with E-state index in [-0.39, 0.29) is 16.0 Å². The van der Waals surface area contributed by atoms with Gasteiger partial charge in [-0.25, -0.2) is 0 Å². The van der Waals surface area contributed by atoms with E-state index in [1.54, 1.807) is 12.1 Å². The van der Waals surface area contributed by atoms with Crippen LogP contribution in [0.15, 0.2) is 36.5 Å². The molecule has 2 aromatic rings. The van der Waals surface area contributed by atoms with Crippen molar-refractivity contribution in [3.8, 4) is 0 Å². The summed E-state index contributed by atoms with van der Waals surface area (Å²) in [6, 6.07) is 9.28. The first-order valence-corrected chi connectivity index (χ1v) is 9.24. The lowest BCUT2D eigenvalue weighted by atomic mass is 9.93. The van der Waals surface area contributed by atoms with Crippen LogP contribution in [0.3, 0.4) is 0 Å². The minimum Gasteiger partial charge on any atom is -0.324 e. The molecule has 1 aliphatic heterocycles. The maximum absolute atomic E-state index is 12.3. The first-order valence-electron chi connectivity index (χ1n) is 8.11. The predicted octanol–water partition coefficient (Wildman–Crippen LogP) is 4.86. The second-order valence-electron chi connectivity index (χ2n) is 6.08. The normalized spacial score (nSPS) is 16.0. The molecule has 0 bridgehead atoms. The summed E-state index contributed by atoms with van der Waals surface area (Å²) in [6.45, 7) is 2.05. The summed E-state index contributed by atoms with van der Waals surface area (Å²) in [5, 5.41) is 3.67. The zero-order chi connectivity index (χ0) is 17.8. The second kappa shape index (κ2) is 8.37. The van der Waals surface area contributed by atoms with Gasteiger partial charge < -0.3 is 5.32 Å². The molecule has 4 nitrogen and oxygen atoms in total. The highest BCUT2D eigenvalue weighted by molar-refractivity contribution is 6.49. The lowest BCUT2D eigenvalue weighted by Crippen LogP contribution is -2.38. The summed E-state index contributed by atoms with van der Waals surface area (Å²) < 4.78 is 0. The lowest BCUT2D eigenvalue weighted by Gasteiger charge is -2.31. The number of benzene rings is 1. The Hall–Kier alpha value is -1.33. The summed E-state index contributed by atoms with van der Waals surface area (Å²) in [6.07, 6.45) is 3.83. The third-order valence-corrected chi connectivity index (χ3v) is 5.66. The number of nitrogens with zero attached hydrogens (tertiary/aromatic N) is 2. The van der Waals surface area contributed by atoms with Crippen molar-refractivity contribution in [2.24, 2.45) is 0 Å². The molecule has 1 saturated heterocycles. The quantitative estimate of drug-likeness (QED) is 0.748. The summed E-state index contributed by atoms with van der Waals surface area (Å²) in [5.41, 5.74) is 1.61. The minimum atomic E-state index is -0.114. The second-order valence-corrected chi connectivity index (χ2v) is 7.24. The molecule has 0 aliphatic carbocycles. The van der Waals surface area contributed by atoms with Gasteiger partial charge in [-0.15, -0.1) is 0 Å². The first kappa shape index (κ1) is 18.5. The highest BCUT2D eigenvalue weighted by Gasteiger charge is 2.23. The van der Waals surface area contributed by atoms with E-state index in [2.05, 4.69) is 21.3 Å². The van der Waals surface area contributed by atoms with Gasteiger partial charge in [0.05, 0.1) is 27.3 Å². The maximum atomic E-state index is 12.3. The van der Waals surface area contributed by atoms with Crippen LogP contribution in [-0.2, 0) is 4.79 Å². The molecule has 1 aliphatic rings. The Morgan fingerprint density at radius 3 is 2.56 bits per heavy atom. The monoisotopic (exact) mass is 397 g/mol. The number of hydrogen-bond donors (Lipinski definition) is 1. The predicted molar refractivity (Wildman–Crippen MR) is 103 cm³/mol. The Kier molecular flexibility index (Phi) is 6.18. The van der Waals surface area contributed by atoms with Crippen molar-refractivity contribution in [1.82, 2.24) is 9.88 Å². The van der Waals surface area contributed by atoms with Gasteiger partial charge in [-0.1, -0.05) is 40.9 Å². The van der Waals surface area contributed by atoms with Crippen molar-refractivity contribution in [1.29, 1.82) is 0 Å². The molecule has 0 unspecified atom stereocenters. The summed E-state index contributed by atoms with van der Waals surface area (Å²) in [4.78, 5) is 18.9. The largest absolute Gasteiger partial charge is 0.324 e. The van der Waals surface area contributed by atoms with Crippen LogP contribution in [0.25, 0.3) is 0 Å². The topological polar surface area (TPSA) is 45.2 Å². The van der Waals surface area contributed by atoms with Crippen LogP contribution >= 0.6 is 34.8 Å². The number of piperidine rings is 1. The molecule has 0 radical (unpaired) electrons. The molecule has 0 atom stereocenters. The zero-order valence-corrected chi connectivity index (χ0v) is 15.8. The highest BCUT2D eigenvalue weighted by Crippen LogP contribution is 2.35. The summed E-state index contributed by atoms with van der Waals surface area (Å²) in [5.74, 6) is 0.349. The number of anilines is 1. The molecule has 7 heteroatoms. The van der Waals surface area contributed by atoms with Gasteiger partial charge in [0, 0.05) is 17.8 Å².